The molecule has 1 saturated carbocycles. The number of piperazine rings is 1. The largest absolute Gasteiger partial charge is 0.338 e. The van der Waals surface area contributed by atoms with Gasteiger partial charge in [0.1, 0.15) is 0 Å². The van der Waals surface area contributed by atoms with Crippen molar-refractivity contribution in [3.8, 4) is 0 Å². The topological polar surface area (TPSA) is 43.9 Å². The zero-order valence-electron chi connectivity index (χ0n) is 15.7. The lowest BCUT2D eigenvalue weighted by Gasteiger charge is -2.40. The van der Waals surface area contributed by atoms with Gasteiger partial charge in [-0.15, -0.1) is 11.3 Å². The zero-order chi connectivity index (χ0) is 18.1. The van der Waals surface area contributed by atoms with Gasteiger partial charge in [-0.2, -0.15) is 0 Å². The van der Waals surface area contributed by atoms with Crippen LogP contribution >= 0.6 is 11.3 Å². The number of hydrogen-bond donors (Lipinski definition) is 0. The monoisotopic (exact) mass is 375 g/mol. The van der Waals surface area contributed by atoms with E-state index in [0.29, 0.717) is 6.54 Å². The fraction of sp³-hybridized carbons (Fsp3) is 0.700. The van der Waals surface area contributed by atoms with E-state index in [9.17, 15) is 9.59 Å². The minimum Gasteiger partial charge on any atom is -0.338 e. The van der Waals surface area contributed by atoms with Crippen molar-refractivity contribution in [1.82, 2.24) is 14.7 Å². The van der Waals surface area contributed by atoms with Crippen LogP contribution in [0.2, 0.25) is 0 Å². The van der Waals surface area contributed by atoms with Crippen LogP contribution in [0, 0.1) is 0 Å². The molecule has 4 rings (SSSR count). The standard InChI is InChI=1S/C20H29N3O2S/c1-15(24)23-8-7-18-16(14-23)13-19(26-18)20(25)22-11-9-21(10-12-22)17-5-3-2-4-6-17/h13,17H,2-12,14H2,1H3. The Morgan fingerprint density at radius 1 is 1.00 bits per heavy atom. The molecule has 1 aromatic heterocycles. The molecule has 0 aromatic carbocycles. The Balaban J connectivity index is 1.36. The van der Waals surface area contributed by atoms with Gasteiger partial charge < -0.3 is 9.80 Å². The smallest absolute Gasteiger partial charge is 0.264 e. The summed E-state index contributed by atoms with van der Waals surface area (Å²) in [7, 11) is 0. The van der Waals surface area contributed by atoms with Crippen LogP contribution in [0.4, 0.5) is 0 Å². The molecule has 0 radical (unpaired) electrons. The van der Waals surface area contributed by atoms with Crippen LogP contribution in [0.15, 0.2) is 6.07 Å². The fourth-order valence-electron chi connectivity index (χ4n) is 4.60. The van der Waals surface area contributed by atoms with Crippen LogP contribution in [-0.4, -0.2) is 65.3 Å². The third kappa shape index (κ3) is 3.67. The SMILES string of the molecule is CC(=O)N1CCc2sc(C(=O)N3CCN(C4CCCCC4)CC3)cc2C1. The molecule has 2 aliphatic heterocycles. The first-order valence-electron chi connectivity index (χ1n) is 10.0. The summed E-state index contributed by atoms with van der Waals surface area (Å²) < 4.78 is 0. The predicted molar refractivity (Wildman–Crippen MR) is 103 cm³/mol. The molecule has 2 amide bonds. The third-order valence-electron chi connectivity index (χ3n) is 6.22. The molecular formula is C20H29N3O2S. The van der Waals surface area contributed by atoms with Crippen molar-refractivity contribution in [2.75, 3.05) is 32.7 Å². The van der Waals surface area contributed by atoms with Crippen molar-refractivity contribution < 1.29 is 9.59 Å². The Morgan fingerprint density at radius 3 is 2.42 bits per heavy atom. The first kappa shape index (κ1) is 18.0. The Labute approximate surface area is 159 Å². The quantitative estimate of drug-likeness (QED) is 0.798. The molecule has 0 atom stereocenters. The number of hydrogen-bond acceptors (Lipinski definition) is 4. The van der Waals surface area contributed by atoms with E-state index in [4.69, 9.17) is 0 Å². The summed E-state index contributed by atoms with van der Waals surface area (Å²) in [6.45, 7) is 6.77. The Hall–Kier alpha value is -1.40. The summed E-state index contributed by atoms with van der Waals surface area (Å²) in [6.07, 6.45) is 7.65. The highest BCUT2D eigenvalue weighted by Gasteiger charge is 2.29. The summed E-state index contributed by atoms with van der Waals surface area (Å²) in [4.78, 5) is 33.2. The minimum absolute atomic E-state index is 0.119. The average molecular weight is 376 g/mol. The second-order valence-corrected chi connectivity index (χ2v) is 9.01. The predicted octanol–water partition coefficient (Wildman–Crippen LogP) is 2.74. The summed E-state index contributed by atoms with van der Waals surface area (Å²) in [5.41, 5.74) is 1.17. The number of carbonyl (C=O) groups excluding carboxylic acids is 2. The number of nitrogens with zero attached hydrogens (tertiary/aromatic N) is 3. The van der Waals surface area contributed by atoms with Gasteiger partial charge in [-0.05, 0) is 30.9 Å². The lowest BCUT2D eigenvalue weighted by molar-refractivity contribution is -0.129. The first-order chi connectivity index (χ1) is 12.6. The van der Waals surface area contributed by atoms with Crippen LogP contribution in [0.3, 0.4) is 0 Å². The van der Waals surface area contributed by atoms with Gasteiger partial charge in [-0.3, -0.25) is 14.5 Å². The van der Waals surface area contributed by atoms with Crippen molar-refractivity contribution in [1.29, 1.82) is 0 Å². The normalized spacial score (nSPS) is 22.3. The third-order valence-corrected chi connectivity index (χ3v) is 7.44. The number of rotatable bonds is 2. The lowest BCUT2D eigenvalue weighted by atomic mass is 9.94. The van der Waals surface area contributed by atoms with Crippen molar-refractivity contribution in [3.63, 3.8) is 0 Å². The van der Waals surface area contributed by atoms with E-state index in [2.05, 4.69) is 4.90 Å². The molecule has 0 unspecified atom stereocenters. The van der Waals surface area contributed by atoms with Crippen LogP contribution in [0.25, 0.3) is 0 Å². The van der Waals surface area contributed by atoms with E-state index in [0.717, 1.165) is 50.1 Å². The average Bonchev–Trinajstić information content (AvgIpc) is 3.11. The summed E-state index contributed by atoms with van der Waals surface area (Å²) in [5.74, 6) is 0.302. The van der Waals surface area contributed by atoms with Crippen molar-refractivity contribution in [2.24, 2.45) is 0 Å². The van der Waals surface area contributed by atoms with Crippen molar-refractivity contribution in [3.05, 3.63) is 21.4 Å². The Kier molecular flexibility index (Phi) is 5.32. The summed E-state index contributed by atoms with van der Waals surface area (Å²) in [6, 6.07) is 2.78. The molecule has 3 aliphatic rings. The molecule has 0 bridgehead atoms. The molecule has 0 N–H and O–H groups in total. The summed E-state index contributed by atoms with van der Waals surface area (Å²) >= 11 is 1.64. The van der Waals surface area contributed by atoms with Gasteiger partial charge in [-0.25, -0.2) is 0 Å². The van der Waals surface area contributed by atoms with Gasteiger partial charge in [-0.1, -0.05) is 19.3 Å². The van der Waals surface area contributed by atoms with Crippen molar-refractivity contribution in [2.45, 2.75) is 58.0 Å². The number of amides is 2. The van der Waals surface area contributed by atoms with Gasteiger partial charge in [0, 0.05) is 57.1 Å². The van der Waals surface area contributed by atoms with E-state index < -0.39 is 0 Å². The Morgan fingerprint density at radius 2 is 1.73 bits per heavy atom. The molecule has 0 spiro atoms. The molecule has 3 heterocycles. The second-order valence-electron chi connectivity index (χ2n) is 7.87. The van der Waals surface area contributed by atoms with Gasteiger partial charge >= 0.3 is 0 Å². The van der Waals surface area contributed by atoms with E-state index >= 15 is 0 Å². The lowest BCUT2D eigenvalue weighted by Crippen LogP contribution is -2.52. The Bertz CT molecular complexity index is 673. The van der Waals surface area contributed by atoms with Crippen LogP contribution in [0.5, 0.6) is 0 Å². The molecule has 1 aliphatic carbocycles. The van der Waals surface area contributed by atoms with E-state index in [1.165, 1.54) is 42.5 Å². The maximum atomic E-state index is 13.0. The van der Waals surface area contributed by atoms with Gasteiger partial charge in [0.15, 0.2) is 0 Å². The van der Waals surface area contributed by atoms with E-state index in [1.54, 1.807) is 18.3 Å². The molecular weight excluding hydrogens is 346 g/mol. The maximum Gasteiger partial charge on any atom is 0.264 e. The van der Waals surface area contributed by atoms with Crippen LogP contribution < -0.4 is 0 Å². The molecule has 1 saturated heterocycles. The second kappa shape index (κ2) is 7.69. The molecule has 142 valence electrons. The van der Waals surface area contributed by atoms with E-state index in [1.807, 2.05) is 15.9 Å². The molecule has 26 heavy (non-hydrogen) atoms. The minimum atomic E-state index is 0.119. The zero-order valence-corrected chi connectivity index (χ0v) is 16.5. The number of thiophene rings is 1. The highest BCUT2D eigenvalue weighted by molar-refractivity contribution is 7.14. The van der Waals surface area contributed by atoms with Crippen LogP contribution in [-0.2, 0) is 17.8 Å². The van der Waals surface area contributed by atoms with Crippen molar-refractivity contribution >= 4 is 23.2 Å². The highest BCUT2D eigenvalue weighted by Crippen LogP contribution is 2.30. The van der Waals surface area contributed by atoms with Gasteiger partial charge in [0.2, 0.25) is 5.91 Å². The first-order valence-corrected chi connectivity index (χ1v) is 10.8. The maximum absolute atomic E-state index is 13.0. The van der Waals surface area contributed by atoms with E-state index in [-0.39, 0.29) is 11.8 Å². The molecule has 6 heteroatoms. The molecule has 2 fully saturated rings. The van der Waals surface area contributed by atoms with Gasteiger partial charge in [0.25, 0.3) is 5.91 Å². The van der Waals surface area contributed by atoms with Crippen LogP contribution in [0.1, 0.15) is 59.1 Å². The summed E-state index contributed by atoms with van der Waals surface area (Å²) in [5, 5.41) is 0. The highest BCUT2D eigenvalue weighted by atomic mass is 32.1. The fourth-order valence-corrected chi connectivity index (χ4v) is 5.73. The molecule has 5 nitrogen and oxygen atoms in total. The number of fused-ring (bicyclic) bond motifs is 1. The van der Waals surface area contributed by atoms with Gasteiger partial charge in [0.05, 0.1) is 4.88 Å². The molecule has 1 aromatic rings. The number of carbonyl (C=O) groups is 2.